The minimum atomic E-state index is -3.79. The third-order valence-corrected chi connectivity index (χ3v) is 6.72. The molecule has 0 fully saturated rings. The van der Waals surface area contributed by atoms with E-state index >= 15 is 0 Å². The Labute approximate surface area is 162 Å². The molecule has 4 nitrogen and oxygen atoms in total. The van der Waals surface area contributed by atoms with E-state index in [0.29, 0.717) is 21.8 Å². The van der Waals surface area contributed by atoms with Gasteiger partial charge in [0.1, 0.15) is 16.9 Å². The Hall–Kier alpha value is -2.41. The number of hydrogen-bond acceptors (Lipinski definition) is 3. The van der Waals surface area contributed by atoms with Gasteiger partial charge in [0.05, 0.1) is 5.69 Å². The van der Waals surface area contributed by atoms with Crippen LogP contribution in [0, 0.1) is 5.82 Å². The molecule has 0 bridgehead atoms. The minimum absolute atomic E-state index is 0.0832. The van der Waals surface area contributed by atoms with Gasteiger partial charge < -0.3 is 5.32 Å². The molecular weight excluding hydrogens is 387 g/mol. The highest BCUT2D eigenvalue weighted by molar-refractivity contribution is 7.89. The smallest absolute Gasteiger partial charge is 0.247 e. The average molecular weight is 403 g/mol. The first kappa shape index (κ1) is 18.0. The molecule has 27 heavy (non-hydrogen) atoms. The molecule has 0 amide bonds. The maximum absolute atomic E-state index is 13.3. The molecule has 1 aliphatic heterocycles. The Balaban J connectivity index is 1.84. The molecule has 0 unspecified atom stereocenters. The van der Waals surface area contributed by atoms with Crippen LogP contribution >= 0.6 is 11.6 Å². The zero-order valence-electron chi connectivity index (χ0n) is 14.1. The van der Waals surface area contributed by atoms with Gasteiger partial charge in [-0.2, -0.15) is 4.31 Å². The zero-order chi connectivity index (χ0) is 19.0. The van der Waals surface area contributed by atoms with Crippen LogP contribution in [0.15, 0.2) is 77.7 Å². The van der Waals surface area contributed by atoms with Gasteiger partial charge in [-0.25, -0.2) is 12.8 Å². The number of anilines is 1. The SMILES string of the molecule is O=S1(=O)c2ccccc2N[C@@H](c2ccccc2Cl)N1Cc1ccc(F)cc1. The molecule has 0 radical (unpaired) electrons. The Kier molecular flexibility index (Phi) is 4.63. The van der Waals surface area contributed by atoms with Crippen LogP contribution in [0.4, 0.5) is 10.1 Å². The van der Waals surface area contributed by atoms with E-state index in [1.165, 1.54) is 16.4 Å². The van der Waals surface area contributed by atoms with Crippen LogP contribution in [0.5, 0.6) is 0 Å². The van der Waals surface area contributed by atoms with Crippen LogP contribution in [0.2, 0.25) is 5.02 Å². The van der Waals surface area contributed by atoms with Crippen LogP contribution in [0.25, 0.3) is 0 Å². The summed E-state index contributed by atoms with van der Waals surface area (Å²) in [7, 11) is -3.79. The fourth-order valence-electron chi connectivity index (χ4n) is 3.17. The van der Waals surface area contributed by atoms with Crippen molar-refractivity contribution in [1.82, 2.24) is 4.31 Å². The van der Waals surface area contributed by atoms with E-state index in [4.69, 9.17) is 11.6 Å². The highest BCUT2D eigenvalue weighted by atomic mass is 35.5. The maximum Gasteiger partial charge on any atom is 0.247 e. The Morgan fingerprint density at radius 3 is 2.37 bits per heavy atom. The molecule has 7 heteroatoms. The van der Waals surface area contributed by atoms with Crippen LogP contribution in [0.3, 0.4) is 0 Å². The predicted octanol–water partition coefficient (Wildman–Crippen LogP) is 4.79. The van der Waals surface area contributed by atoms with Crippen LogP contribution < -0.4 is 5.32 Å². The van der Waals surface area contributed by atoms with E-state index in [-0.39, 0.29) is 17.3 Å². The summed E-state index contributed by atoms with van der Waals surface area (Å²) in [5, 5.41) is 3.75. The average Bonchev–Trinajstić information content (AvgIpc) is 2.66. The second-order valence-electron chi connectivity index (χ2n) is 6.24. The number of benzene rings is 3. The second kappa shape index (κ2) is 6.96. The number of halogens is 2. The first-order chi connectivity index (χ1) is 13.0. The van der Waals surface area contributed by atoms with Crippen LogP contribution in [-0.2, 0) is 16.6 Å². The first-order valence-electron chi connectivity index (χ1n) is 8.33. The molecule has 0 spiro atoms. The zero-order valence-corrected chi connectivity index (χ0v) is 15.7. The standard InChI is InChI=1S/C20H16ClFN2O2S/c21-17-6-2-1-5-16(17)20-23-18-7-3-4-8-19(18)27(25,26)24(20)13-14-9-11-15(22)12-10-14/h1-12,20,23H,13H2/t20-/m1/s1. The van der Waals surface area contributed by atoms with Gasteiger partial charge in [-0.3, -0.25) is 0 Å². The van der Waals surface area contributed by atoms with Crippen molar-refractivity contribution in [3.05, 3.63) is 94.8 Å². The van der Waals surface area contributed by atoms with Gasteiger partial charge in [-0.05, 0) is 35.9 Å². The van der Waals surface area contributed by atoms with E-state index in [9.17, 15) is 12.8 Å². The van der Waals surface area contributed by atoms with Crippen molar-refractivity contribution < 1.29 is 12.8 Å². The monoisotopic (exact) mass is 402 g/mol. The molecule has 138 valence electrons. The van der Waals surface area contributed by atoms with Crippen molar-refractivity contribution in [2.45, 2.75) is 17.6 Å². The van der Waals surface area contributed by atoms with Crippen LogP contribution in [0.1, 0.15) is 17.3 Å². The molecule has 0 saturated heterocycles. The summed E-state index contributed by atoms with van der Waals surface area (Å²) in [5.74, 6) is -0.369. The molecule has 0 saturated carbocycles. The number of rotatable bonds is 3. The summed E-state index contributed by atoms with van der Waals surface area (Å²) < 4.78 is 41.3. The summed E-state index contributed by atoms with van der Waals surface area (Å²) in [6, 6.07) is 19.7. The molecule has 1 aliphatic rings. The van der Waals surface area contributed by atoms with E-state index in [1.807, 2.05) is 6.07 Å². The molecule has 3 aromatic rings. The maximum atomic E-state index is 13.3. The lowest BCUT2D eigenvalue weighted by Crippen LogP contribution is -2.42. The molecule has 0 aliphatic carbocycles. The number of nitrogens with one attached hydrogen (secondary N) is 1. The molecule has 0 aromatic heterocycles. The normalized spacial score (nSPS) is 18.5. The van der Waals surface area contributed by atoms with Crippen LogP contribution in [-0.4, -0.2) is 12.7 Å². The number of sulfonamides is 1. The summed E-state index contributed by atoms with van der Waals surface area (Å²) in [6.45, 7) is 0.0832. The largest absolute Gasteiger partial charge is 0.364 e. The topological polar surface area (TPSA) is 49.4 Å². The van der Waals surface area contributed by atoms with E-state index in [0.717, 1.165) is 0 Å². The Morgan fingerprint density at radius 1 is 0.963 bits per heavy atom. The number of hydrogen-bond donors (Lipinski definition) is 1. The van der Waals surface area contributed by atoms with Gasteiger partial charge in [-0.1, -0.05) is 54.1 Å². The van der Waals surface area contributed by atoms with Crippen molar-refractivity contribution in [3.63, 3.8) is 0 Å². The fourth-order valence-corrected chi connectivity index (χ4v) is 5.08. The van der Waals surface area contributed by atoms with Gasteiger partial charge in [0.2, 0.25) is 10.0 Å². The van der Waals surface area contributed by atoms with Crippen molar-refractivity contribution in [1.29, 1.82) is 0 Å². The molecule has 1 heterocycles. The molecule has 3 aromatic carbocycles. The van der Waals surface area contributed by atoms with E-state index < -0.39 is 16.2 Å². The number of nitrogens with zero attached hydrogens (tertiary/aromatic N) is 1. The summed E-state index contributed by atoms with van der Waals surface area (Å²) in [5.41, 5.74) is 1.86. The lowest BCUT2D eigenvalue weighted by atomic mass is 10.1. The highest BCUT2D eigenvalue weighted by Crippen LogP contribution is 2.40. The summed E-state index contributed by atoms with van der Waals surface area (Å²) >= 11 is 6.36. The van der Waals surface area contributed by atoms with Gasteiger partial charge in [-0.15, -0.1) is 0 Å². The van der Waals surface area contributed by atoms with E-state index in [1.54, 1.807) is 54.6 Å². The lowest BCUT2D eigenvalue weighted by Gasteiger charge is -2.37. The molecule has 4 rings (SSSR count). The fraction of sp³-hybridized carbons (Fsp3) is 0.100. The quantitative estimate of drug-likeness (QED) is 0.685. The van der Waals surface area contributed by atoms with Gasteiger partial charge in [0.25, 0.3) is 0 Å². The van der Waals surface area contributed by atoms with Crippen molar-refractivity contribution in [2.24, 2.45) is 0 Å². The van der Waals surface area contributed by atoms with Gasteiger partial charge >= 0.3 is 0 Å². The van der Waals surface area contributed by atoms with Gasteiger partial charge in [0, 0.05) is 17.1 Å². The molecule has 1 atom stereocenters. The van der Waals surface area contributed by atoms with Gasteiger partial charge in [0.15, 0.2) is 0 Å². The lowest BCUT2D eigenvalue weighted by molar-refractivity contribution is 0.336. The second-order valence-corrected chi connectivity index (χ2v) is 8.51. The molecular formula is C20H16ClFN2O2S. The molecule has 1 N–H and O–H groups in total. The Morgan fingerprint density at radius 2 is 1.63 bits per heavy atom. The Bertz CT molecular complexity index is 1090. The third-order valence-electron chi connectivity index (χ3n) is 4.51. The van der Waals surface area contributed by atoms with Crippen molar-refractivity contribution in [3.8, 4) is 0 Å². The summed E-state index contributed by atoms with van der Waals surface area (Å²) in [6.07, 6.45) is -0.677. The van der Waals surface area contributed by atoms with Crippen molar-refractivity contribution in [2.75, 3.05) is 5.32 Å². The highest BCUT2D eigenvalue weighted by Gasteiger charge is 2.39. The third kappa shape index (κ3) is 3.32. The summed E-state index contributed by atoms with van der Waals surface area (Å²) in [4.78, 5) is 0.204. The predicted molar refractivity (Wildman–Crippen MR) is 103 cm³/mol. The first-order valence-corrected chi connectivity index (χ1v) is 10.1. The minimum Gasteiger partial charge on any atom is -0.364 e. The number of fused-ring (bicyclic) bond motifs is 1. The number of para-hydroxylation sites is 1. The van der Waals surface area contributed by atoms with Crippen molar-refractivity contribution >= 4 is 27.3 Å². The van der Waals surface area contributed by atoms with E-state index in [2.05, 4.69) is 5.32 Å².